The highest BCUT2D eigenvalue weighted by molar-refractivity contribution is 7.88. The monoisotopic (exact) mass is 413 g/mol. The van der Waals surface area contributed by atoms with E-state index in [9.17, 15) is 13.2 Å². The Labute approximate surface area is 156 Å². The van der Waals surface area contributed by atoms with Crippen molar-refractivity contribution in [2.75, 3.05) is 25.7 Å². The van der Waals surface area contributed by atoms with Crippen molar-refractivity contribution in [3.8, 4) is 0 Å². The second-order valence-corrected chi connectivity index (χ2v) is 7.68. The molecule has 134 valence electrons. The van der Waals surface area contributed by atoms with Gasteiger partial charge in [0.05, 0.1) is 17.8 Å². The predicted octanol–water partition coefficient (Wildman–Crippen LogP) is 1.31. The van der Waals surface area contributed by atoms with E-state index in [2.05, 4.69) is 27.8 Å². The van der Waals surface area contributed by atoms with Crippen LogP contribution in [0.4, 0.5) is 0 Å². The van der Waals surface area contributed by atoms with Gasteiger partial charge >= 0.3 is 0 Å². The van der Waals surface area contributed by atoms with Gasteiger partial charge in [-0.25, -0.2) is 13.1 Å². The van der Waals surface area contributed by atoms with Crippen molar-refractivity contribution in [2.45, 2.75) is 6.04 Å². The Morgan fingerprint density at radius 2 is 2.08 bits per heavy atom. The number of hydrogen-bond donors (Lipinski definition) is 3. The van der Waals surface area contributed by atoms with Crippen LogP contribution in [0, 0.1) is 0 Å². The summed E-state index contributed by atoms with van der Waals surface area (Å²) in [6.45, 7) is -0.0241. The van der Waals surface area contributed by atoms with Gasteiger partial charge in [0.2, 0.25) is 15.9 Å². The minimum atomic E-state index is -3.54. The molecule has 0 saturated carbocycles. The molecule has 1 aromatic carbocycles. The fourth-order valence-corrected chi connectivity index (χ4v) is 3.34. The first kappa shape index (κ1) is 21.0. The number of amides is 1. The summed E-state index contributed by atoms with van der Waals surface area (Å²) in [6.07, 6.45) is 0.960. The van der Waals surface area contributed by atoms with Crippen molar-refractivity contribution in [3.63, 3.8) is 0 Å². The SMILES string of the molecule is CON=C(CNC(=O)C(CS)NS(C)(=O)=O)c1ccc(Cl)cc1Cl. The van der Waals surface area contributed by atoms with Gasteiger partial charge in [0, 0.05) is 16.3 Å². The summed E-state index contributed by atoms with van der Waals surface area (Å²) in [5.41, 5.74) is 0.881. The number of benzene rings is 1. The third-order valence-electron chi connectivity index (χ3n) is 2.73. The predicted molar refractivity (Wildman–Crippen MR) is 98.6 cm³/mol. The molecule has 0 aliphatic rings. The highest BCUT2D eigenvalue weighted by atomic mass is 35.5. The first-order valence-electron chi connectivity index (χ1n) is 6.59. The van der Waals surface area contributed by atoms with E-state index in [-0.39, 0.29) is 12.3 Å². The molecule has 0 fully saturated rings. The van der Waals surface area contributed by atoms with Crippen molar-refractivity contribution in [1.82, 2.24) is 10.0 Å². The lowest BCUT2D eigenvalue weighted by Crippen LogP contribution is -2.48. The van der Waals surface area contributed by atoms with Crippen LogP contribution in [0.25, 0.3) is 0 Å². The molecule has 0 heterocycles. The first-order valence-corrected chi connectivity index (χ1v) is 9.87. The molecule has 0 aliphatic heterocycles. The van der Waals surface area contributed by atoms with Crippen molar-refractivity contribution in [3.05, 3.63) is 33.8 Å². The molecule has 0 aliphatic carbocycles. The minimum absolute atomic E-state index is 0.00262. The van der Waals surface area contributed by atoms with Crippen LogP contribution in [0.15, 0.2) is 23.4 Å². The third kappa shape index (κ3) is 6.86. The standard InChI is InChI=1S/C13H17Cl2N3O4S2/c1-22-17-11(9-4-3-8(14)5-10(9)15)6-16-13(19)12(7-23)18-24(2,20)21/h3-5,12,18,23H,6-7H2,1-2H3,(H,16,19). The minimum Gasteiger partial charge on any atom is -0.399 e. The number of thiol groups is 1. The van der Waals surface area contributed by atoms with Gasteiger partial charge in [-0.15, -0.1) is 0 Å². The highest BCUT2D eigenvalue weighted by Crippen LogP contribution is 2.21. The fourth-order valence-electron chi connectivity index (χ4n) is 1.74. The van der Waals surface area contributed by atoms with E-state index in [1.807, 2.05) is 0 Å². The number of halogens is 2. The van der Waals surface area contributed by atoms with Crippen LogP contribution < -0.4 is 10.0 Å². The normalized spacial score (nSPS) is 13.5. The van der Waals surface area contributed by atoms with E-state index < -0.39 is 22.0 Å². The number of carbonyl (C=O) groups is 1. The molecule has 0 radical (unpaired) electrons. The molecule has 11 heteroatoms. The number of rotatable bonds is 8. The van der Waals surface area contributed by atoms with Crippen LogP contribution in [0.1, 0.15) is 5.56 Å². The molecular weight excluding hydrogens is 397 g/mol. The van der Waals surface area contributed by atoms with Gasteiger partial charge in [-0.05, 0) is 18.2 Å². The highest BCUT2D eigenvalue weighted by Gasteiger charge is 2.21. The molecule has 1 aromatic rings. The molecule has 0 aromatic heterocycles. The number of carbonyl (C=O) groups excluding carboxylic acids is 1. The third-order valence-corrected chi connectivity index (χ3v) is 4.35. The van der Waals surface area contributed by atoms with Crippen molar-refractivity contribution < 1.29 is 18.0 Å². The summed E-state index contributed by atoms with van der Waals surface area (Å²) in [4.78, 5) is 16.9. The van der Waals surface area contributed by atoms with Gasteiger partial charge in [0.25, 0.3) is 0 Å². The molecule has 1 unspecified atom stereocenters. The lowest BCUT2D eigenvalue weighted by atomic mass is 10.1. The molecule has 1 amide bonds. The number of nitrogens with one attached hydrogen (secondary N) is 2. The molecule has 0 bridgehead atoms. The second-order valence-electron chi connectivity index (χ2n) is 4.69. The summed E-state index contributed by atoms with van der Waals surface area (Å²) in [5.74, 6) is -0.554. The van der Waals surface area contributed by atoms with Crippen LogP contribution >= 0.6 is 35.8 Å². The average Bonchev–Trinajstić information content (AvgIpc) is 2.48. The molecule has 1 atom stereocenters. The Balaban J connectivity index is 2.87. The molecule has 1 rings (SSSR count). The Bertz CT molecular complexity index is 726. The van der Waals surface area contributed by atoms with Crippen LogP contribution in [0.3, 0.4) is 0 Å². The number of hydrogen-bond acceptors (Lipinski definition) is 6. The number of oxime groups is 1. The number of sulfonamides is 1. The van der Waals surface area contributed by atoms with Crippen molar-refractivity contribution >= 4 is 57.5 Å². The summed E-state index contributed by atoms with van der Waals surface area (Å²) in [5, 5.41) is 7.19. The second kappa shape index (κ2) is 9.47. The van der Waals surface area contributed by atoms with E-state index >= 15 is 0 Å². The average molecular weight is 414 g/mol. The summed E-state index contributed by atoms with van der Waals surface area (Å²) in [7, 11) is -2.19. The number of nitrogens with zero attached hydrogens (tertiary/aromatic N) is 1. The molecule has 0 saturated heterocycles. The van der Waals surface area contributed by atoms with E-state index in [0.29, 0.717) is 21.3 Å². The van der Waals surface area contributed by atoms with Gasteiger partial charge in [-0.1, -0.05) is 28.4 Å². The van der Waals surface area contributed by atoms with E-state index in [1.54, 1.807) is 12.1 Å². The fraction of sp³-hybridized carbons (Fsp3) is 0.385. The quantitative estimate of drug-likeness (QED) is 0.340. The van der Waals surface area contributed by atoms with Crippen LogP contribution in [-0.2, 0) is 19.7 Å². The van der Waals surface area contributed by atoms with E-state index in [4.69, 9.17) is 28.0 Å². The van der Waals surface area contributed by atoms with Gasteiger partial charge in [-0.2, -0.15) is 12.6 Å². The molecule has 7 nitrogen and oxygen atoms in total. The first-order chi connectivity index (χ1) is 11.2. The van der Waals surface area contributed by atoms with Gasteiger partial charge in [0.15, 0.2) is 0 Å². The topological polar surface area (TPSA) is 96.9 Å². The van der Waals surface area contributed by atoms with Gasteiger partial charge in [0.1, 0.15) is 18.9 Å². The zero-order valence-electron chi connectivity index (χ0n) is 12.9. The molecule has 0 spiro atoms. The van der Waals surface area contributed by atoms with Crippen LogP contribution in [0.5, 0.6) is 0 Å². The maximum absolute atomic E-state index is 12.1. The smallest absolute Gasteiger partial charge is 0.239 e. The van der Waals surface area contributed by atoms with E-state index in [0.717, 1.165) is 6.26 Å². The Morgan fingerprint density at radius 1 is 1.42 bits per heavy atom. The van der Waals surface area contributed by atoms with Gasteiger partial charge in [-0.3, -0.25) is 4.79 Å². The Morgan fingerprint density at radius 3 is 2.58 bits per heavy atom. The largest absolute Gasteiger partial charge is 0.399 e. The maximum Gasteiger partial charge on any atom is 0.239 e. The van der Waals surface area contributed by atoms with Crippen LogP contribution in [-0.4, -0.2) is 51.7 Å². The maximum atomic E-state index is 12.1. The zero-order valence-corrected chi connectivity index (χ0v) is 16.1. The van der Waals surface area contributed by atoms with Crippen molar-refractivity contribution in [2.24, 2.45) is 5.16 Å². The molecule has 2 N–H and O–H groups in total. The summed E-state index contributed by atoms with van der Waals surface area (Å²) < 4.78 is 24.7. The zero-order chi connectivity index (χ0) is 18.3. The van der Waals surface area contributed by atoms with E-state index in [1.165, 1.54) is 13.2 Å². The van der Waals surface area contributed by atoms with Gasteiger partial charge < -0.3 is 10.2 Å². The lowest BCUT2D eigenvalue weighted by Gasteiger charge is -2.16. The summed E-state index contributed by atoms with van der Waals surface area (Å²) in [6, 6.07) is 3.79. The molecule has 24 heavy (non-hydrogen) atoms. The Kier molecular flexibility index (Phi) is 8.31. The molecular formula is C13H17Cl2N3O4S2. The lowest BCUT2D eigenvalue weighted by molar-refractivity contribution is -0.121. The summed E-state index contributed by atoms with van der Waals surface area (Å²) >= 11 is 15.9. The Hall–Kier alpha value is -1.000. The van der Waals surface area contributed by atoms with Crippen LogP contribution in [0.2, 0.25) is 10.0 Å². The van der Waals surface area contributed by atoms with Crippen molar-refractivity contribution in [1.29, 1.82) is 0 Å².